The van der Waals surface area contributed by atoms with E-state index in [1.165, 1.54) is 17.7 Å². The highest BCUT2D eigenvalue weighted by Crippen LogP contribution is 2.32. The van der Waals surface area contributed by atoms with Gasteiger partial charge in [-0.2, -0.15) is 0 Å². The van der Waals surface area contributed by atoms with Gasteiger partial charge in [-0.05, 0) is 77.1 Å². The summed E-state index contributed by atoms with van der Waals surface area (Å²) in [5.74, 6) is 0.801. The molecular formula is C24H32N6O. The van der Waals surface area contributed by atoms with Crippen molar-refractivity contribution in [2.45, 2.75) is 38.3 Å². The zero-order chi connectivity index (χ0) is 21.8. The number of hydrogen-bond donors (Lipinski definition) is 2. The maximum Gasteiger partial charge on any atom is 0.253 e. The monoisotopic (exact) mass is 420 g/mol. The van der Waals surface area contributed by atoms with Gasteiger partial charge in [0.25, 0.3) is 5.91 Å². The van der Waals surface area contributed by atoms with Crippen LogP contribution in [0.5, 0.6) is 0 Å². The molecule has 31 heavy (non-hydrogen) atoms. The number of nitrogens with zero attached hydrogens (tertiary/aromatic N) is 4. The number of aromatic nitrogens is 3. The van der Waals surface area contributed by atoms with E-state index in [-0.39, 0.29) is 11.9 Å². The van der Waals surface area contributed by atoms with E-state index in [0.717, 1.165) is 42.7 Å². The lowest BCUT2D eigenvalue weighted by Gasteiger charge is -2.31. The van der Waals surface area contributed by atoms with E-state index in [1.807, 2.05) is 44.6 Å². The van der Waals surface area contributed by atoms with E-state index < -0.39 is 0 Å². The van der Waals surface area contributed by atoms with Crippen LogP contribution in [-0.4, -0.2) is 64.9 Å². The Kier molecular flexibility index (Phi) is 6.63. The SMILES string of the molecule is CN(C)CCCNC(=O)c1cccc2[nH]c(CN(C)C3CCCc4cccnc43)nc12. The molecule has 4 rings (SSSR count). The van der Waals surface area contributed by atoms with Crippen LogP contribution >= 0.6 is 0 Å². The van der Waals surface area contributed by atoms with Gasteiger partial charge in [-0.3, -0.25) is 14.7 Å². The lowest BCUT2D eigenvalue weighted by atomic mass is 9.91. The number of para-hydroxylation sites is 1. The number of imidazole rings is 1. The van der Waals surface area contributed by atoms with E-state index in [9.17, 15) is 4.79 Å². The van der Waals surface area contributed by atoms with Crippen molar-refractivity contribution in [3.05, 3.63) is 59.2 Å². The van der Waals surface area contributed by atoms with Gasteiger partial charge in [-0.1, -0.05) is 12.1 Å². The van der Waals surface area contributed by atoms with Crippen LogP contribution in [0.1, 0.15) is 52.7 Å². The first-order chi connectivity index (χ1) is 15.0. The number of aromatic amines is 1. The second-order valence-electron chi connectivity index (χ2n) is 8.67. The summed E-state index contributed by atoms with van der Waals surface area (Å²) in [7, 11) is 6.19. The lowest BCUT2D eigenvalue weighted by Crippen LogP contribution is -2.28. The molecule has 0 spiro atoms. The first kappa shape index (κ1) is 21.5. The van der Waals surface area contributed by atoms with Gasteiger partial charge in [-0.25, -0.2) is 4.98 Å². The second kappa shape index (κ2) is 9.58. The highest BCUT2D eigenvalue weighted by atomic mass is 16.1. The van der Waals surface area contributed by atoms with Crippen molar-refractivity contribution < 1.29 is 4.79 Å². The predicted octanol–water partition coefficient (Wildman–Crippen LogP) is 3.15. The standard InChI is InChI=1S/C24H32N6O/c1-29(2)15-7-14-26-24(31)18-10-5-11-19-23(18)28-21(27-19)16-30(3)20-12-4-8-17-9-6-13-25-22(17)20/h5-6,9-11,13,20H,4,7-8,12,14-16H2,1-3H3,(H,26,31)(H,27,28). The normalized spacial score (nSPS) is 16.1. The Labute approximate surface area is 183 Å². The largest absolute Gasteiger partial charge is 0.352 e. The Hall–Kier alpha value is -2.77. The quantitative estimate of drug-likeness (QED) is 0.548. The number of rotatable bonds is 8. The first-order valence-electron chi connectivity index (χ1n) is 11.1. The average molecular weight is 421 g/mol. The summed E-state index contributed by atoms with van der Waals surface area (Å²) >= 11 is 0. The smallest absolute Gasteiger partial charge is 0.253 e. The summed E-state index contributed by atoms with van der Waals surface area (Å²) in [4.78, 5) is 30.0. The molecule has 1 atom stereocenters. The van der Waals surface area contributed by atoms with E-state index in [1.54, 1.807) is 0 Å². The zero-order valence-electron chi connectivity index (χ0n) is 18.7. The number of carbonyl (C=O) groups is 1. The Balaban J connectivity index is 1.47. The first-order valence-corrected chi connectivity index (χ1v) is 11.1. The summed E-state index contributed by atoms with van der Waals surface area (Å²) in [6, 6.07) is 10.2. The minimum absolute atomic E-state index is 0.0684. The molecule has 2 aromatic heterocycles. The second-order valence-corrected chi connectivity index (χ2v) is 8.67. The molecule has 1 unspecified atom stereocenters. The van der Waals surface area contributed by atoms with E-state index in [4.69, 9.17) is 4.98 Å². The van der Waals surface area contributed by atoms with E-state index >= 15 is 0 Å². The van der Waals surface area contributed by atoms with Crippen molar-refractivity contribution in [2.75, 3.05) is 34.2 Å². The number of pyridine rings is 1. The van der Waals surface area contributed by atoms with Crippen LogP contribution in [0.15, 0.2) is 36.5 Å². The van der Waals surface area contributed by atoms with E-state index in [0.29, 0.717) is 18.7 Å². The molecule has 1 amide bonds. The number of fused-ring (bicyclic) bond motifs is 2. The molecule has 1 aromatic carbocycles. The molecule has 1 aliphatic carbocycles. The van der Waals surface area contributed by atoms with Gasteiger partial charge in [0.2, 0.25) is 0 Å². The van der Waals surface area contributed by atoms with Crippen molar-refractivity contribution in [2.24, 2.45) is 0 Å². The summed E-state index contributed by atoms with van der Waals surface area (Å²) in [6.07, 6.45) is 6.18. The Morgan fingerprint density at radius 3 is 2.94 bits per heavy atom. The van der Waals surface area contributed by atoms with Crippen LogP contribution in [0.3, 0.4) is 0 Å². The van der Waals surface area contributed by atoms with Crippen LogP contribution in [0.4, 0.5) is 0 Å². The molecule has 2 N–H and O–H groups in total. The molecule has 2 heterocycles. The van der Waals surface area contributed by atoms with Crippen LogP contribution in [0.25, 0.3) is 11.0 Å². The Bertz CT molecular complexity index is 1040. The Morgan fingerprint density at radius 2 is 2.10 bits per heavy atom. The lowest BCUT2D eigenvalue weighted by molar-refractivity contribution is 0.0954. The fourth-order valence-corrected chi connectivity index (χ4v) is 4.39. The highest BCUT2D eigenvalue weighted by Gasteiger charge is 2.25. The van der Waals surface area contributed by atoms with Crippen molar-refractivity contribution >= 4 is 16.9 Å². The number of nitrogens with one attached hydrogen (secondary N) is 2. The summed E-state index contributed by atoms with van der Waals surface area (Å²) in [6.45, 7) is 2.28. The third kappa shape index (κ3) is 4.94. The maximum absolute atomic E-state index is 12.7. The number of aryl methyl sites for hydroxylation is 1. The van der Waals surface area contributed by atoms with Crippen molar-refractivity contribution in [1.29, 1.82) is 0 Å². The maximum atomic E-state index is 12.7. The fourth-order valence-electron chi connectivity index (χ4n) is 4.39. The van der Waals surface area contributed by atoms with Crippen LogP contribution in [0, 0.1) is 0 Å². The van der Waals surface area contributed by atoms with Crippen molar-refractivity contribution in [1.82, 2.24) is 30.1 Å². The number of benzene rings is 1. The molecule has 0 aliphatic heterocycles. The van der Waals surface area contributed by atoms with Crippen LogP contribution < -0.4 is 5.32 Å². The molecular weight excluding hydrogens is 388 g/mol. The number of amides is 1. The van der Waals surface area contributed by atoms with Gasteiger partial charge in [-0.15, -0.1) is 0 Å². The van der Waals surface area contributed by atoms with Gasteiger partial charge in [0.1, 0.15) is 11.3 Å². The summed E-state index contributed by atoms with van der Waals surface area (Å²) < 4.78 is 0. The number of hydrogen-bond acceptors (Lipinski definition) is 5. The molecule has 0 bridgehead atoms. The van der Waals surface area contributed by atoms with Gasteiger partial charge in [0.05, 0.1) is 29.4 Å². The topological polar surface area (TPSA) is 77.2 Å². The summed E-state index contributed by atoms with van der Waals surface area (Å²) in [5, 5.41) is 3.02. The highest BCUT2D eigenvalue weighted by molar-refractivity contribution is 6.04. The third-order valence-corrected chi connectivity index (χ3v) is 5.97. The molecule has 3 aromatic rings. The van der Waals surface area contributed by atoms with Gasteiger partial charge in [0, 0.05) is 12.7 Å². The van der Waals surface area contributed by atoms with Crippen molar-refractivity contribution in [3.63, 3.8) is 0 Å². The van der Waals surface area contributed by atoms with Crippen LogP contribution in [-0.2, 0) is 13.0 Å². The molecule has 0 radical (unpaired) electrons. The summed E-state index contributed by atoms with van der Waals surface area (Å²) in [5.41, 5.74) is 4.79. The zero-order valence-corrected chi connectivity index (χ0v) is 18.7. The molecule has 164 valence electrons. The van der Waals surface area contributed by atoms with E-state index in [2.05, 4.69) is 38.2 Å². The van der Waals surface area contributed by atoms with Crippen molar-refractivity contribution in [3.8, 4) is 0 Å². The molecule has 0 fully saturated rings. The Morgan fingerprint density at radius 1 is 1.23 bits per heavy atom. The third-order valence-electron chi connectivity index (χ3n) is 5.97. The molecule has 7 nitrogen and oxygen atoms in total. The average Bonchev–Trinajstić information content (AvgIpc) is 3.18. The minimum atomic E-state index is -0.0684. The molecule has 0 saturated heterocycles. The van der Waals surface area contributed by atoms with Gasteiger partial charge in [0.15, 0.2) is 0 Å². The van der Waals surface area contributed by atoms with Crippen LogP contribution in [0.2, 0.25) is 0 Å². The number of H-pyrrole nitrogens is 1. The number of carbonyl (C=O) groups excluding carboxylic acids is 1. The predicted molar refractivity (Wildman–Crippen MR) is 123 cm³/mol. The molecule has 7 heteroatoms. The molecule has 1 aliphatic rings. The van der Waals surface area contributed by atoms with Gasteiger partial charge < -0.3 is 15.2 Å². The minimum Gasteiger partial charge on any atom is -0.352 e. The fraction of sp³-hybridized carbons (Fsp3) is 0.458. The molecule has 0 saturated carbocycles. The van der Waals surface area contributed by atoms with Gasteiger partial charge >= 0.3 is 0 Å².